The van der Waals surface area contributed by atoms with Gasteiger partial charge in [-0.05, 0) is 25.0 Å². The number of anilines is 1. The summed E-state index contributed by atoms with van der Waals surface area (Å²) in [6, 6.07) is 9.80. The fourth-order valence-corrected chi connectivity index (χ4v) is 2.02. The minimum atomic E-state index is 0.0991. The molecule has 0 atom stereocenters. The summed E-state index contributed by atoms with van der Waals surface area (Å²) in [5.74, 6) is 0.297. The monoisotopic (exact) mass is 249 g/mol. The van der Waals surface area contributed by atoms with Crippen LogP contribution in [0.5, 0.6) is 0 Å². The molecule has 0 heterocycles. The minimum absolute atomic E-state index is 0.0991. The van der Waals surface area contributed by atoms with E-state index in [4.69, 9.17) is 4.74 Å². The maximum Gasteiger partial charge on any atom is 0.230 e. The van der Waals surface area contributed by atoms with Gasteiger partial charge < -0.3 is 9.64 Å². The van der Waals surface area contributed by atoms with Gasteiger partial charge in [-0.1, -0.05) is 32.0 Å². The third-order valence-electron chi connectivity index (χ3n) is 3.19. The van der Waals surface area contributed by atoms with Gasteiger partial charge in [0.05, 0.1) is 6.61 Å². The molecule has 0 N–H and O–H groups in total. The van der Waals surface area contributed by atoms with Crippen LogP contribution in [0.2, 0.25) is 0 Å². The molecule has 1 aromatic rings. The van der Waals surface area contributed by atoms with E-state index in [1.807, 2.05) is 35.2 Å². The number of ether oxygens (including phenoxy) is 1. The molecule has 0 aliphatic carbocycles. The summed E-state index contributed by atoms with van der Waals surface area (Å²) in [5, 5.41) is 0. The average Bonchev–Trinajstić information content (AvgIpc) is 2.42. The van der Waals surface area contributed by atoms with Crippen molar-refractivity contribution < 1.29 is 9.53 Å². The van der Waals surface area contributed by atoms with Gasteiger partial charge in [0, 0.05) is 25.3 Å². The van der Waals surface area contributed by atoms with Gasteiger partial charge in [-0.15, -0.1) is 0 Å². The predicted molar refractivity (Wildman–Crippen MR) is 74.7 cm³/mol. The van der Waals surface area contributed by atoms with E-state index in [-0.39, 0.29) is 11.8 Å². The van der Waals surface area contributed by atoms with E-state index in [2.05, 4.69) is 13.8 Å². The van der Waals surface area contributed by atoms with E-state index < -0.39 is 0 Å². The Kier molecular flexibility index (Phi) is 6.44. The maximum absolute atomic E-state index is 12.5. The minimum Gasteiger partial charge on any atom is -0.383 e. The average molecular weight is 249 g/mol. The Labute approximate surface area is 110 Å². The van der Waals surface area contributed by atoms with Crippen LogP contribution in [0.3, 0.4) is 0 Å². The van der Waals surface area contributed by atoms with E-state index >= 15 is 0 Å². The molecule has 0 aliphatic heterocycles. The number of para-hydroxylation sites is 1. The number of carbonyl (C=O) groups excluding carboxylic acids is 1. The van der Waals surface area contributed by atoms with Crippen molar-refractivity contribution in [1.82, 2.24) is 0 Å². The number of hydrogen-bond acceptors (Lipinski definition) is 2. The first-order chi connectivity index (χ1) is 8.74. The van der Waals surface area contributed by atoms with E-state index in [1.54, 1.807) is 7.11 Å². The van der Waals surface area contributed by atoms with Crippen LogP contribution in [0.15, 0.2) is 30.3 Å². The molecule has 0 saturated heterocycles. The lowest BCUT2D eigenvalue weighted by Gasteiger charge is -2.26. The van der Waals surface area contributed by atoms with E-state index in [0.29, 0.717) is 13.2 Å². The third-order valence-corrected chi connectivity index (χ3v) is 3.19. The second-order valence-electron chi connectivity index (χ2n) is 4.33. The first-order valence-corrected chi connectivity index (χ1v) is 6.59. The smallest absolute Gasteiger partial charge is 0.230 e. The van der Waals surface area contributed by atoms with Crippen molar-refractivity contribution >= 4 is 11.6 Å². The Balaban J connectivity index is 2.87. The molecule has 0 saturated carbocycles. The van der Waals surface area contributed by atoms with E-state index in [9.17, 15) is 4.79 Å². The Morgan fingerprint density at radius 1 is 1.22 bits per heavy atom. The molecular formula is C15H23NO2. The molecule has 3 heteroatoms. The lowest BCUT2D eigenvalue weighted by molar-refractivity contribution is -0.122. The number of carbonyl (C=O) groups is 1. The van der Waals surface area contributed by atoms with Crippen LogP contribution < -0.4 is 4.90 Å². The summed E-state index contributed by atoms with van der Waals surface area (Å²) >= 11 is 0. The van der Waals surface area contributed by atoms with Crippen LogP contribution in [0.4, 0.5) is 5.69 Å². The highest BCUT2D eigenvalue weighted by Gasteiger charge is 2.22. The van der Waals surface area contributed by atoms with Crippen molar-refractivity contribution in [1.29, 1.82) is 0 Å². The van der Waals surface area contributed by atoms with Gasteiger partial charge in [-0.2, -0.15) is 0 Å². The lowest BCUT2D eigenvalue weighted by Crippen LogP contribution is -2.38. The number of rotatable bonds is 7. The summed E-state index contributed by atoms with van der Waals surface area (Å²) in [5.41, 5.74) is 0.950. The lowest BCUT2D eigenvalue weighted by atomic mass is 10.0. The van der Waals surface area contributed by atoms with E-state index in [1.165, 1.54) is 0 Å². The van der Waals surface area contributed by atoms with Crippen LogP contribution in [0.1, 0.15) is 26.7 Å². The highest BCUT2D eigenvalue weighted by atomic mass is 16.5. The Morgan fingerprint density at radius 2 is 1.83 bits per heavy atom. The van der Waals surface area contributed by atoms with Crippen molar-refractivity contribution in [3.63, 3.8) is 0 Å². The normalized spacial score (nSPS) is 10.7. The molecule has 0 unspecified atom stereocenters. The Bertz CT molecular complexity index is 347. The molecule has 0 bridgehead atoms. The molecule has 1 amide bonds. The second kappa shape index (κ2) is 7.88. The fourth-order valence-electron chi connectivity index (χ4n) is 2.02. The Hall–Kier alpha value is -1.35. The zero-order valence-corrected chi connectivity index (χ0v) is 11.6. The summed E-state index contributed by atoms with van der Waals surface area (Å²) in [6.07, 6.45) is 1.76. The van der Waals surface area contributed by atoms with Gasteiger partial charge in [0.2, 0.25) is 5.91 Å². The van der Waals surface area contributed by atoms with Crippen LogP contribution in [0.25, 0.3) is 0 Å². The quantitative estimate of drug-likeness (QED) is 0.743. The van der Waals surface area contributed by atoms with Crippen LogP contribution in [-0.2, 0) is 9.53 Å². The number of nitrogens with zero attached hydrogens (tertiary/aromatic N) is 1. The number of hydrogen-bond donors (Lipinski definition) is 0. The van der Waals surface area contributed by atoms with Gasteiger partial charge in [-0.3, -0.25) is 4.79 Å². The molecule has 0 fully saturated rings. The van der Waals surface area contributed by atoms with Crippen molar-refractivity contribution in [3.8, 4) is 0 Å². The van der Waals surface area contributed by atoms with Crippen LogP contribution in [0, 0.1) is 5.92 Å². The molecule has 18 heavy (non-hydrogen) atoms. The SMILES string of the molecule is CCC(CC)C(=O)N(CCOC)c1ccccc1. The molecule has 1 aromatic carbocycles. The van der Waals surface area contributed by atoms with Gasteiger partial charge in [0.25, 0.3) is 0 Å². The summed E-state index contributed by atoms with van der Waals surface area (Å²) < 4.78 is 5.10. The van der Waals surface area contributed by atoms with E-state index in [0.717, 1.165) is 18.5 Å². The topological polar surface area (TPSA) is 29.5 Å². The van der Waals surface area contributed by atoms with Gasteiger partial charge in [-0.25, -0.2) is 0 Å². The van der Waals surface area contributed by atoms with Crippen molar-refractivity contribution in [3.05, 3.63) is 30.3 Å². The van der Waals surface area contributed by atoms with Crippen molar-refractivity contribution in [2.45, 2.75) is 26.7 Å². The van der Waals surface area contributed by atoms with Gasteiger partial charge in [0.1, 0.15) is 0 Å². The zero-order chi connectivity index (χ0) is 13.4. The van der Waals surface area contributed by atoms with Crippen molar-refractivity contribution in [2.24, 2.45) is 5.92 Å². The van der Waals surface area contributed by atoms with Gasteiger partial charge >= 0.3 is 0 Å². The van der Waals surface area contributed by atoms with Crippen molar-refractivity contribution in [2.75, 3.05) is 25.2 Å². The second-order valence-corrected chi connectivity index (χ2v) is 4.33. The van der Waals surface area contributed by atoms with Crippen LogP contribution in [-0.4, -0.2) is 26.2 Å². The molecular weight excluding hydrogens is 226 g/mol. The molecule has 1 rings (SSSR count). The Morgan fingerprint density at radius 3 is 2.33 bits per heavy atom. The molecule has 0 aliphatic rings. The first-order valence-electron chi connectivity index (χ1n) is 6.59. The maximum atomic E-state index is 12.5. The highest BCUT2D eigenvalue weighted by molar-refractivity contribution is 5.94. The molecule has 0 radical (unpaired) electrons. The fraction of sp³-hybridized carbons (Fsp3) is 0.533. The largest absolute Gasteiger partial charge is 0.383 e. The standard InChI is InChI=1S/C15H23NO2/c1-4-13(5-2)15(17)16(11-12-18-3)14-9-7-6-8-10-14/h6-10,13H,4-5,11-12H2,1-3H3. The first kappa shape index (κ1) is 14.7. The zero-order valence-electron chi connectivity index (χ0n) is 11.6. The summed E-state index contributed by atoms with van der Waals surface area (Å²) in [4.78, 5) is 14.3. The molecule has 3 nitrogen and oxygen atoms in total. The van der Waals surface area contributed by atoms with Crippen LogP contribution >= 0.6 is 0 Å². The summed E-state index contributed by atoms with van der Waals surface area (Å²) in [6.45, 7) is 5.29. The van der Waals surface area contributed by atoms with Gasteiger partial charge in [0.15, 0.2) is 0 Å². The number of benzene rings is 1. The highest BCUT2D eigenvalue weighted by Crippen LogP contribution is 2.19. The molecule has 0 spiro atoms. The molecule has 0 aromatic heterocycles. The third kappa shape index (κ3) is 3.84. The number of amides is 1. The summed E-state index contributed by atoms with van der Waals surface area (Å²) in [7, 11) is 1.66. The predicted octanol–water partition coefficient (Wildman–Crippen LogP) is 3.10. The number of methoxy groups -OCH3 is 1. The molecule has 100 valence electrons.